The van der Waals surface area contributed by atoms with Gasteiger partial charge in [-0.2, -0.15) is 0 Å². The minimum atomic E-state index is -0.622. The Kier molecular flexibility index (Phi) is 7.32. The first-order chi connectivity index (χ1) is 12.8. The first-order valence-corrected chi connectivity index (χ1v) is 9.98. The average molecular weight is 407 g/mol. The second-order valence-electron chi connectivity index (χ2n) is 5.89. The van der Waals surface area contributed by atoms with Crippen molar-refractivity contribution in [2.75, 3.05) is 18.5 Å². The van der Waals surface area contributed by atoms with Crippen molar-refractivity contribution in [3.8, 4) is 0 Å². The molecule has 8 heteroatoms. The van der Waals surface area contributed by atoms with Gasteiger partial charge in [-0.05, 0) is 30.9 Å². The van der Waals surface area contributed by atoms with Crippen LogP contribution in [0.4, 0.5) is 5.00 Å². The van der Waals surface area contributed by atoms with Crippen LogP contribution in [0.25, 0.3) is 0 Å². The molecule has 0 saturated carbocycles. The van der Waals surface area contributed by atoms with Crippen LogP contribution in [0.15, 0.2) is 30.2 Å². The molecule has 0 aliphatic rings. The number of nitrogens with one attached hydrogen (secondary N) is 1. The highest BCUT2D eigenvalue weighted by molar-refractivity contribution is 7.16. The van der Waals surface area contributed by atoms with E-state index in [4.69, 9.17) is 4.74 Å². The van der Waals surface area contributed by atoms with Crippen LogP contribution in [-0.4, -0.2) is 35.8 Å². The third-order valence-corrected chi connectivity index (χ3v) is 5.82. The molecule has 0 aromatic carbocycles. The third-order valence-electron chi connectivity index (χ3n) is 3.83. The summed E-state index contributed by atoms with van der Waals surface area (Å²) in [6, 6.07) is 3.86. The van der Waals surface area contributed by atoms with Crippen LogP contribution in [-0.2, 0) is 20.9 Å². The van der Waals surface area contributed by atoms with Crippen molar-refractivity contribution in [2.45, 2.75) is 27.3 Å². The molecule has 0 atom stereocenters. The summed E-state index contributed by atoms with van der Waals surface area (Å²) in [6.07, 6.45) is 1.63. The number of carbonyl (C=O) groups is 3. The smallest absolute Gasteiger partial charge is 0.341 e. The Hall–Kier alpha value is -2.45. The van der Waals surface area contributed by atoms with Gasteiger partial charge in [0.2, 0.25) is 5.91 Å². The van der Waals surface area contributed by atoms with Crippen molar-refractivity contribution in [2.24, 2.45) is 0 Å². The zero-order valence-corrected chi connectivity index (χ0v) is 17.2. The fourth-order valence-electron chi connectivity index (χ4n) is 2.41. The van der Waals surface area contributed by atoms with E-state index in [1.807, 2.05) is 24.4 Å². The maximum atomic E-state index is 12.5. The molecule has 1 N–H and O–H groups in total. The largest absolute Gasteiger partial charge is 0.452 e. The number of thiophene rings is 2. The molecule has 2 aromatic heterocycles. The quantitative estimate of drug-likeness (QED) is 0.535. The molecule has 0 aliphatic heterocycles. The number of carbonyl (C=O) groups excluding carboxylic acids is 3. The Balaban J connectivity index is 2.06. The molecule has 2 heterocycles. The summed E-state index contributed by atoms with van der Waals surface area (Å²) < 4.78 is 5.25. The number of anilines is 1. The summed E-state index contributed by atoms with van der Waals surface area (Å²) in [5.74, 6) is -1.19. The standard InChI is InChI=1S/C19H22N2O4S2/c1-5-8-21(10-15-7-6-9-26-15)16(23)11-25-19(24)17-12(2)13(3)27-18(17)20-14(4)22/h5-7,9H,1,8,10-11H2,2-4H3,(H,20,22). The van der Waals surface area contributed by atoms with Crippen molar-refractivity contribution in [3.63, 3.8) is 0 Å². The van der Waals surface area contributed by atoms with Crippen molar-refractivity contribution in [1.82, 2.24) is 4.90 Å². The van der Waals surface area contributed by atoms with E-state index in [2.05, 4.69) is 11.9 Å². The van der Waals surface area contributed by atoms with Crippen molar-refractivity contribution >= 4 is 45.5 Å². The number of aryl methyl sites for hydroxylation is 1. The van der Waals surface area contributed by atoms with E-state index >= 15 is 0 Å². The van der Waals surface area contributed by atoms with Gasteiger partial charge in [0.15, 0.2) is 6.61 Å². The van der Waals surface area contributed by atoms with Crippen LogP contribution in [0, 0.1) is 13.8 Å². The summed E-state index contributed by atoms with van der Waals surface area (Å²) in [7, 11) is 0. The molecule has 0 fully saturated rings. The van der Waals surface area contributed by atoms with Crippen LogP contribution in [0.2, 0.25) is 0 Å². The maximum Gasteiger partial charge on any atom is 0.341 e. The lowest BCUT2D eigenvalue weighted by atomic mass is 10.1. The van der Waals surface area contributed by atoms with Crippen molar-refractivity contribution < 1.29 is 19.1 Å². The van der Waals surface area contributed by atoms with Crippen molar-refractivity contribution in [1.29, 1.82) is 0 Å². The van der Waals surface area contributed by atoms with Crippen LogP contribution in [0.5, 0.6) is 0 Å². The monoisotopic (exact) mass is 406 g/mol. The number of nitrogens with zero attached hydrogens (tertiary/aromatic N) is 1. The fourth-order valence-corrected chi connectivity index (χ4v) is 4.23. The van der Waals surface area contributed by atoms with Gasteiger partial charge in [0.25, 0.3) is 5.91 Å². The Morgan fingerprint density at radius 2 is 2.07 bits per heavy atom. The Labute approximate surface area is 166 Å². The molecule has 0 unspecified atom stereocenters. The summed E-state index contributed by atoms with van der Waals surface area (Å²) >= 11 is 2.86. The number of ether oxygens (including phenoxy) is 1. The van der Waals surface area contributed by atoms with Gasteiger partial charge in [-0.1, -0.05) is 12.1 Å². The van der Waals surface area contributed by atoms with Crippen molar-refractivity contribution in [3.05, 3.63) is 51.0 Å². The van der Waals surface area contributed by atoms with Gasteiger partial charge in [0.05, 0.1) is 12.1 Å². The molecule has 0 bridgehead atoms. The lowest BCUT2D eigenvalue weighted by Gasteiger charge is -2.20. The molecular formula is C19H22N2O4S2. The lowest BCUT2D eigenvalue weighted by molar-refractivity contribution is -0.134. The Morgan fingerprint density at radius 1 is 1.33 bits per heavy atom. The van der Waals surface area contributed by atoms with E-state index < -0.39 is 5.97 Å². The zero-order valence-electron chi connectivity index (χ0n) is 15.5. The molecule has 6 nitrogen and oxygen atoms in total. The minimum absolute atomic E-state index is 0.269. The van der Waals surface area contributed by atoms with Gasteiger partial charge < -0.3 is 15.0 Å². The maximum absolute atomic E-state index is 12.5. The van der Waals surface area contributed by atoms with E-state index in [-0.39, 0.29) is 18.4 Å². The summed E-state index contributed by atoms with van der Waals surface area (Å²) in [5, 5.41) is 5.03. The topological polar surface area (TPSA) is 75.7 Å². The Morgan fingerprint density at radius 3 is 2.67 bits per heavy atom. The zero-order chi connectivity index (χ0) is 20.0. The third kappa shape index (κ3) is 5.51. The highest BCUT2D eigenvalue weighted by Crippen LogP contribution is 2.33. The first-order valence-electron chi connectivity index (χ1n) is 8.29. The normalized spacial score (nSPS) is 10.3. The predicted molar refractivity (Wildman–Crippen MR) is 108 cm³/mol. The molecule has 27 heavy (non-hydrogen) atoms. The number of hydrogen-bond donors (Lipinski definition) is 1. The molecular weight excluding hydrogens is 384 g/mol. The molecule has 0 spiro atoms. The fraction of sp³-hybridized carbons (Fsp3) is 0.316. The van der Waals surface area contributed by atoms with E-state index in [1.54, 1.807) is 29.2 Å². The van der Waals surface area contributed by atoms with Crippen LogP contribution < -0.4 is 5.32 Å². The van der Waals surface area contributed by atoms with E-state index in [9.17, 15) is 14.4 Å². The average Bonchev–Trinajstić information content (AvgIpc) is 3.20. The van der Waals surface area contributed by atoms with Gasteiger partial charge in [0, 0.05) is 23.2 Å². The van der Waals surface area contributed by atoms with Gasteiger partial charge in [-0.15, -0.1) is 29.3 Å². The van der Waals surface area contributed by atoms with Crippen LogP contribution in [0.1, 0.15) is 32.6 Å². The highest BCUT2D eigenvalue weighted by atomic mass is 32.1. The first kappa shape index (κ1) is 20.9. The van der Waals surface area contributed by atoms with E-state index in [0.29, 0.717) is 23.7 Å². The molecule has 144 valence electrons. The molecule has 0 aliphatic carbocycles. The molecule has 2 rings (SSSR count). The van der Waals surface area contributed by atoms with Gasteiger partial charge in [-0.3, -0.25) is 9.59 Å². The van der Waals surface area contributed by atoms with E-state index in [1.165, 1.54) is 18.3 Å². The molecule has 0 radical (unpaired) electrons. The summed E-state index contributed by atoms with van der Waals surface area (Å²) in [4.78, 5) is 39.9. The molecule has 2 amide bonds. The van der Waals surface area contributed by atoms with Crippen LogP contribution >= 0.6 is 22.7 Å². The van der Waals surface area contributed by atoms with Gasteiger partial charge in [0.1, 0.15) is 5.00 Å². The number of amides is 2. The summed E-state index contributed by atoms with van der Waals surface area (Å²) in [6.45, 7) is 9.13. The van der Waals surface area contributed by atoms with Gasteiger partial charge in [-0.25, -0.2) is 4.79 Å². The molecule has 0 saturated heterocycles. The second kappa shape index (κ2) is 9.48. The second-order valence-corrected chi connectivity index (χ2v) is 8.14. The highest BCUT2D eigenvalue weighted by Gasteiger charge is 2.23. The Bertz CT molecular complexity index is 840. The number of esters is 1. The number of rotatable bonds is 8. The minimum Gasteiger partial charge on any atom is -0.452 e. The van der Waals surface area contributed by atoms with Crippen LogP contribution in [0.3, 0.4) is 0 Å². The van der Waals surface area contributed by atoms with E-state index in [0.717, 1.165) is 15.3 Å². The number of hydrogen-bond acceptors (Lipinski definition) is 6. The molecule has 2 aromatic rings. The predicted octanol–water partition coefficient (Wildman–Crippen LogP) is 3.76. The van der Waals surface area contributed by atoms with Gasteiger partial charge >= 0.3 is 5.97 Å². The SMILES string of the molecule is C=CCN(Cc1cccs1)C(=O)COC(=O)c1c(NC(C)=O)sc(C)c1C. The lowest BCUT2D eigenvalue weighted by Crippen LogP contribution is -2.34. The summed E-state index contributed by atoms with van der Waals surface area (Å²) in [5.41, 5.74) is 1.04.